The van der Waals surface area contributed by atoms with Gasteiger partial charge in [-0.3, -0.25) is 4.79 Å². The minimum atomic E-state index is -4.25. The summed E-state index contributed by atoms with van der Waals surface area (Å²) in [6.07, 6.45) is -1.41. The van der Waals surface area contributed by atoms with Crippen molar-refractivity contribution in [3.63, 3.8) is 0 Å². The Balaban J connectivity index is 2.42. The summed E-state index contributed by atoms with van der Waals surface area (Å²) in [7, 11) is 0. The molecule has 1 amide bonds. The zero-order valence-corrected chi connectivity index (χ0v) is 10.2. The van der Waals surface area contributed by atoms with E-state index >= 15 is 0 Å². The third-order valence-corrected chi connectivity index (χ3v) is 3.16. The van der Waals surface area contributed by atoms with Crippen molar-refractivity contribution in [2.45, 2.75) is 31.9 Å². The van der Waals surface area contributed by atoms with E-state index < -0.39 is 29.9 Å². The first-order valence-electron chi connectivity index (χ1n) is 6.04. The number of amides is 1. The third-order valence-electron chi connectivity index (χ3n) is 3.16. The molecule has 0 aromatic rings. The van der Waals surface area contributed by atoms with Crippen LogP contribution >= 0.6 is 0 Å². The summed E-state index contributed by atoms with van der Waals surface area (Å²) in [5, 5.41) is 10.8. The van der Waals surface area contributed by atoms with Gasteiger partial charge in [0.05, 0.1) is 5.92 Å². The van der Waals surface area contributed by atoms with Crippen molar-refractivity contribution in [3.05, 3.63) is 12.2 Å². The fourth-order valence-corrected chi connectivity index (χ4v) is 2.19. The minimum absolute atomic E-state index is 0.0122. The zero-order valence-electron chi connectivity index (χ0n) is 10.2. The van der Waals surface area contributed by atoms with Crippen LogP contribution in [0.5, 0.6) is 0 Å². The van der Waals surface area contributed by atoms with E-state index in [1.807, 2.05) is 0 Å². The van der Waals surface area contributed by atoms with Gasteiger partial charge < -0.3 is 10.4 Å². The summed E-state index contributed by atoms with van der Waals surface area (Å²) in [6, 6.07) is 0. The number of carbonyl (C=O) groups excluding carboxylic acids is 1. The van der Waals surface area contributed by atoms with Crippen LogP contribution in [0, 0.1) is 11.8 Å². The van der Waals surface area contributed by atoms with E-state index in [0.29, 0.717) is 12.8 Å². The van der Waals surface area contributed by atoms with E-state index in [9.17, 15) is 22.8 Å². The lowest BCUT2D eigenvalue weighted by atomic mass is 9.80. The second-order valence-corrected chi connectivity index (χ2v) is 4.59. The minimum Gasteiger partial charge on any atom is -0.478 e. The van der Waals surface area contributed by atoms with Gasteiger partial charge in [0.2, 0.25) is 5.91 Å². The van der Waals surface area contributed by atoms with Crippen LogP contribution in [0.3, 0.4) is 0 Å². The van der Waals surface area contributed by atoms with Crippen LogP contribution in [0.4, 0.5) is 13.2 Å². The lowest BCUT2D eigenvalue weighted by Crippen LogP contribution is -2.37. The number of aliphatic carboxylic acids is 1. The van der Waals surface area contributed by atoms with E-state index in [2.05, 4.69) is 5.32 Å². The van der Waals surface area contributed by atoms with Crippen molar-refractivity contribution in [2.75, 3.05) is 6.54 Å². The van der Waals surface area contributed by atoms with Crippen molar-refractivity contribution in [3.8, 4) is 0 Å². The van der Waals surface area contributed by atoms with E-state index in [-0.39, 0.29) is 19.4 Å². The highest BCUT2D eigenvalue weighted by molar-refractivity contribution is 5.81. The Morgan fingerprint density at radius 1 is 1.32 bits per heavy atom. The molecule has 19 heavy (non-hydrogen) atoms. The summed E-state index contributed by atoms with van der Waals surface area (Å²) in [4.78, 5) is 21.8. The Morgan fingerprint density at radius 2 is 2.00 bits per heavy atom. The number of hydrogen-bond donors (Lipinski definition) is 2. The maximum atomic E-state index is 12.6. The molecule has 1 aliphatic rings. The molecule has 2 unspecified atom stereocenters. The quantitative estimate of drug-likeness (QED) is 0.775. The van der Waals surface area contributed by atoms with Gasteiger partial charge >= 0.3 is 12.1 Å². The first-order chi connectivity index (χ1) is 8.80. The molecule has 4 nitrogen and oxygen atoms in total. The number of hydrogen-bond acceptors (Lipinski definition) is 2. The molecule has 1 aliphatic carbocycles. The molecule has 0 heterocycles. The van der Waals surface area contributed by atoms with Crippen molar-refractivity contribution in [1.82, 2.24) is 5.32 Å². The number of carbonyl (C=O) groups is 2. The number of alkyl halides is 3. The van der Waals surface area contributed by atoms with E-state index in [4.69, 9.17) is 5.11 Å². The average molecular weight is 279 g/mol. The van der Waals surface area contributed by atoms with Crippen LogP contribution in [0.2, 0.25) is 0 Å². The van der Waals surface area contributed by atoms with Crippen LogP contribution in [0.25, 0.3) is 0 Å². The van der Waals surface area contributed by atoms with Crippen LogP contribution in [0.15, 0.2) is 12.2 Å². The van der Waals surface area contributed by atoms with Gasteiger partial charge in [0.15, 0.2) is 0 Å². The Kier molecular flexibility index (Phi) is 5.38. The largest absolute Gasteiger partial charge is 0.478 e. The molecule has 0 spiro atoms. The SMILES string of the molecule is O=C(O)/C=C/CNC(=O)C1CCCC(C(F)(F)F)C1. The molecule has 0 bridgehead atoms. The Bertz CT molecular complexity index is 366. The molecule has 7 heteroatoms. The Morgan fingerprint density at radius 3 is 2.58 bits per heavy atom. The third kappa shape index (κ3) is 5.32. The van der Waals surface area contributed by atoms with E-state index in [0.717, 1.165) is 6.08 Å². The van der Waals surface area contributed by atoms with Crippen molar-refractivity contribution >= 4 is 11.9 Å². The maximum absolute atomic E-state index is 12.6. The highest BCUT2D eigenvalue weighted by Crippen LogP contribution is 2.39. The molecular weight excluding hydrogens is 263 g/mol. The van der Waals surface area contributed by atoms with Gasteiger partial charge in [0.25, 0.3) is 0 Å². The lowest BCUT2D eigenvalue weighted by Gasteiger charge is -2.29. The maximum Gasteiger partial charge on any atom is 0.391 e. The van der Waals surface area contributed by atoms with Crippen LogP contribution < -0.4 is 5.32 Å². The highest BCUT2D eigenvalue weighted by atomic mass is 19.4. The standard InChI is InChI=1S/C12H16F3NO3/c13-12(14,15)9-4-1-3-8(7-9)11(19)16-6-2-5-10(17)18/h2,5,8-9H,1,3-4,6-7H2,(H,16,19)(H,17,18)/b5-2+. The predicted molar refractivity (Wildman–Crippen MR) is 61.3 cm³/mol. The second kappa shape index (κ2) is 6.58. The normalized spacial score (nSPS) is 24.4. The number of rotatable bonds is 4. The van der Waals surface area contributed by atoms with Crippen molar-refractivity contribution in [1.29, 1.82) is 0 Å². The van der Waals surface area contributed by atoms with Gasteiger partial charge in [-0.05, 0) is 19.3 Å². The molecule has 108 valence electrons. The van der Waals surface area contributed by atoms with Crippen molar-refractivity contribution in [2.24, 2.45) is 11.8 Å². The van der Waals surface area contributed by atoms with Gasteiger partial charge in [0, 0.05) is 18.5 Å². The van der Waals surface area contributed by atoms with Gasteiger partial charge in [-0.25, -0.2) is 4.79 Å². The summed E-state index contributed by atoms with van der Waals surface area (Å²) in [5.74, 6) is -3.63. The fraction of sp³-hybridized carbons (Fsp3) is 0.667. The van der Waals surface area contributed by atoms with Gasteiger partial charge in [-0.2, -0.15) is 13.2 Å². The van der Waals surface area contributed by atoms with E-state index in [1.165, 1.54) is 6.08 Å². The summed E-state index contributed by atoms with van der Waals surface area (Å²) >= 11 is 0. The molecule has 0 aromatic carbocycles. The molecule has 2 atom stereocenters. The second-order valence-electron chi connectivity index (χ2n) is 4.59. The van der Waals surface area contributed by atoms with Gasteiger partial charge in [0.1, 0.15) is 0 Å². The number of carboxylic acids is 1. The molecule has 1 saturated carbocycles. The number of nitrogens with one attached hydrogen (secondary N) is 1. The molecule has 0 aliphatic heterocycles. The molecule has 2 N–H and O–H groups in total. The topological polar surface area (TPSA) is 66.4 Å². The summed E-state index contributed by atoms with van der Waals surface area (Å²) < 4.78 is 37.7. The number of carboxylic acid groups (broad SMARTS) is 1. The van der Waals surface area contributed by atoms with Crippen molar-refractivity contribution < 1.29 is 27.9 Å². The average Bonchev–Trinajstić information content (AvgIpc) is 2.33. The summed E-state index contributed by atoms with van der Waals surface area (Å²) in [5.41, 5.74) is 0. The molecular formula is C12H16F3NO3. The molecule has 0 aromatic heterocycles. The number of halogens is 3. The molecule has 0 saturated heterocycles. The molecule has 0 radical (unpaired) electrons. The van der Waals surface area contributed by atoms with Crippen LogP contribution in [-0.2, 0) is 9.59 Å². The molecule has 1 rings (SSSR count). The zero-order chi connectivity index (χ0) is 14.5. The highest BCUT2D eigenvalue weighted by Gasteiger charge is 2.43. The fourth-order valence-electron chi connectivity index (χ4n) is 2.19. The predicted octanol–water partition coefficient (Wildman–Crippen LogP) is 2.11. The van der Waals surface area contributed by atoms with E-state index in [1.54, 1.807) is 0 Å². The Labute approximate surface area is 108 Å². The van der Waals surface area contributed by atoms with Gasteiger partial charge in [-0.15, -0.1) is 0 Å². The lowest BCUT2D eigenvalue weighted by molar-refractivity contribution is -0.186. The monoisotopic (exact) mass is 279 g/mol. The Hall–Kier alpha value is -1.53. The smallest absolute Gasteiger partial charge is 0.391 e. The first kappa shape index (κ1) is 15.5. The summed E-state index contributed by atoms with van der Waals surface area (Å²) in [6.45, 7) is 0.0122. The van der Waals surface area contributed by atoms with Crippen LogP contribution in [0.1, 0.15) is 25.7 Å². The van der Waals surface area contributed by atoms with Crippen LogP contribution in [-0.4, -0.2) is 29.7 Å². The first-order valence-corrected chi connectivity index (χ1v) is 6.04. The molecule has 1 fully saturated rings. The van der Waals surface area contributed by atoms with Gasteiger partial charge in [-0.1, -0.05) is 12.5 Å².